The van der Waals surface area contributed by atoms with Crippen LogP contribution in [-0.4, -0.2) is 25.4 Å². The Balaban J connectivity index is 1.85. The summed E-state index contributed by atoms with van der Waals surface area (Å²) in [5, 5.41) is 3.63. The van der Waals surface area contributed by atoms with Crippen molar-refractivity contribution in [3.63, 3.8) is 0 Å². The smallest absolute Gasteiger partial charge is 0.123 e. The Kier molecular flexibility index (Phi) is 3.74. The van der Waals surface area contributed by atoms with Crippen LogP contribution in [0.15, 0.2) is 18.2 Å². The molecule has 3 nitrogen and oxygen atoms in total. The van der Waals surface area contributed by atoms with Gasteiger partial charge in [0.05, 0.1) is 6.61 Å². The van der Waals surface area contributed by atoms with Gasteiger partial charge in [-0.05, 0) is 44.0 Å². The van der Waals surface area contributed by atoms with E-state index >= 15 is 0 Å². The highest BCUT2D eigenvalue weighted by molar-refractivity contribution is 5.42. The van der Waals surface area contributed by atoms with Crippen molar-refractivity contribution in [1.82, 2.24) is 5.32 Å². The van der Waals surface area contributed by atoms with Gasteiger partial charge in [-0.1, -0.05) is 19.1 Å². The largest absolute Gasteiger partial charge is 0.487 e. The number of rotatable bonds is 4. The minimum atomic E-state index is -0.0644. The minimum absolute atomic E-state index is 0.0644. The number of hydrogen-bond donors (Lipinski definition) is 1. The van der Waals surface area contributed by atoms with E-state index in [1.54, 1.807) is 0 Å². The fourth-order valence-corrected chi connectivity index (χ4v) is 3.42. The van der Waals surface area contributed by atoms with Gasteiger partial charge in [-0.25, -0.2) is 0 Å². The molecule has 0 spiro atoms. The number of benzene rings is 1. The molecule has 3 rings (SSSR count). The van der Waals surface area contributed by atoms with Crippen molar-refractivity contribution in [2.24, 2.45) is 5.92 Å². The summed E-state index contributed by atoms with van der Waals surface area (Å²) in [6.45, 7) is 9.23. The molecule has 2 atom stereocenters. The Bertz CT molecular complexity index is 478. The van der Waals surface area contributed by atoms with Gasteiger partial charge in [-0.15, -0.1) is 0 Å². The molecule has 2 heterocycles. The predicted octanol–water partition coefficient (Wildman–Crippen LogP) is 3.09. The summed E-state index contributed by atoms with van der Waals surface area (Å²) in [5.74, 6) is 1.64. The van der Waals surface area contributed by atoms with Crippen molar-refractivity contribution in [1.29, 1.82) is 0 Å². The van der Waals surface area contributed by atoms with Gasteiger partial charge < -0.3 is 14.8 Å². The normalized spacial score (nSPS) is 25.2. The van der Waals surface area contributed by atoms with E-state index in [2.05, 4.69) is 44.3 Å². The zero-order valence-electron chi connectivity index (χ0n) is 12.7. The monoisotopic (exact) mass is 275 g/mol. The van der Waals surface area contributed by atoms with E-state index in [9.17, 15) is 0 Å². The van der Waals surface area contributed by atoms with Crippen molar-refractivity contribution in [2.45, 2.75) is 45.3 Å². The van der Waals surface area contributed by atoms with Crippen molar-refractivity contribution in [3.05, 3.63) is 29.3 Å². The van der Waals surface area contributed by atoms with Crippen LogP contribution in [-0.2, 0) is 11.2 Å². The maximum Gasteiger partial charge on any atom is 0.123 e. The number of fused-ring (bicyclic) bond motifs is 1. The average Bonchev–Trinajstić information content (AvgIpc) is 3.00. The average molecular weight is 275 g/mol. The third-order valence-corrected chi connectivity index (χ3v) is 4.31. The molecule has 0 aliphatic carbocycles. The molecule has 2 unspecified atom stereocenters. The highest BCUT2D eigenvalue weighted by atomic mass is 16.5. The number of ether oxygens (including phenoxy) is 2. The molecule has 0 radical (unpaired) electrons. The van der Waals surface area contributed by atoms with Gasteiger partial charge in [-0.2, -0.15) is 0 Å². The van der Waals surface area contributed by atoms with Gasteiger partial charge in [0.25, 0.3) is 0 Å². The second-order valence-electron chi connectivity index (χ2n) is 6.56. The molecule has 1 N–H and O–H groups in total. The molecule has 0 saturated carbocycles. The maximum atomic E-state index is 5.97. The second kappa shape index (κ2) is 5.38. The molecule has 0 amide bonds. The first kappa shape index (κ1) is 13.9. The molecule has 0 aromatic heterocycles. The Labute approximate surface area is 121 Å². The Morgan fingerprint density at radius 1 is 1.40 bits per heavy atom. The standard InChI is InChI=1S/C17H25NO2/c1-4-18-16(13-7-8-19-11-13)12-5-6-15-14(9-12)10-17(2,3)20-15/h5-6,9,13,16,18H,4,7-8,10-11H2,1-3H3. The van der Waals surface area contributed by atoms with Crippen molar-refractivity contribution >= 4 is 0 Å². The summed E-state index contributed by atoms with van der Waals surface area (Å²) in [6, 6.07) is 7.08. The molecular weight excluding hydrogens is 250 g/mol. The molecule has 3 heteroatoms. The van der Waals surface area contributed by atoms with E-state index in [0.29, 0.717) is 12.0 Å². The quantitative estimate of drug-likeness (QED) is 0.916. The van der Waals surface area contributed by atoms with E-state index in [-0.39, 0.29) is 5.60 Å². The first-order chi connectivity index (χ1) is 9.59. The lowest BCUT2D eigenvalue weighted by molar-refractivity contribution is 0.138. The number of hydrogen-bond acceptors (Lipinski definition) is 3. The third-order valence-electron chi connectivity index (χ3n) is 4.31. The molecule has 110 valence electrons. The molecule has 1 aromatic carbocycles. The van der Waals surface area contributed by atoms with Crippen molar-refractivity contribution < 1.29 is 9.47 Å². The molecule has 2 aliphatic rings. The summed E-state index contributed by atoms with van der Waals surface area (Å²) in [4.78, 5) is 0. The van der Waals surface area contributed by atoms with Gasteiger partial charge in [0.1, 0.15) is 11.4 Å². The second-order valence-corrected chi connectivity index (χ2v) is 6.56. The van der Waals surface area contributed by atoms with Crippen LogP contribution in [0.1, 0.15) is 44.4 Å². The fourth-order valence-electron chi connectivity index (χ4n) is 3.42. The van der Waals surface area contributed by atoms with E-state index in [4.69, 9.17) is 9.47 Å². The lowest BCUT2D eigenvalue weighted by Gasteiger charge is -2.24. The molecule has 20 heavy (non-hydrogen) atoms. The lowest BCUT2D eigenvalue weighted by Crippen LogP contribution is -2.28. The third kappa shape index (κ3) is 2.70. The van der Waals surface area contributed by atoms with Gasteiger partial charge in [0.15, 0.2) is 0 Å². The van der Waals surface area contributed by atoms with Crippen molar-refractivity contribution in [3.8, 4) is 5.75 Å². The van der Waals surface area contributed by atoms with Crippen LogP contribution in [0.4, 0.5) is 0 Å². The first-order valence-corrected chi connectivity index (χ1v) is 7.72. The SMILES string of the molecule is CCNC(c1ccc2c(c1)CC(C)(C)O2)C1CCOC1. The van der Waals surface area contributed by atoms with Crippen LogP contribution in [0.2, 0.25) is 0 Å². The topological polar surface area (TPSA) is 30.5 Å². The first-order valence-electron chi connectivity index (χ1n) is 7.72. The van der Waals surface area contributed by atoms with Crippen LogP contribution in [0.3, 0.4) is 0 Å². The molecular formula is C17H25NO2. The Morgan fingerprint density at radius 3 is 2.95 bits per heavy atom. The summed E-state index contributed by atoms with van der Waals surface area (Å²) in [5.41, 5.74) is 2.65. The molecule has 2 aliphatic heterocycles. The summed E-state index contributed by atoms with van der Waals surface area (Å²) >= 11 is 0. The van der Waals surface area contributed by atoms with E-state index < -0.39 is 0 Å². The zero-order chi connectivity index (χ0) is 14.2. The number of nitrogens with one attached hydrogen (secondary N) is 1. The van der Waals surface area contributed by atoms with Crippen LogP contribution in [0.25, 0.3) is 0 Å². The van der Waals surface area contributed by atoms with Crippen LogP contribution in [0, 0.1) is 5.92 Å². The molecule has 1 fully saturated rings. The highest BCUT2D eigenvalue weighted by Crippen LogP contribution is 2.38. The Hall–Kier alpha value is -1.06. The van der Waals surface area contributed by atoms with Gasteiger partial charge in [-0.3, -0.25) is 0 Å². The van der Waals surface area contributed by atoms with Crippen LogP contribution >= 0.6 is 0 Å². The van der Waals surface area contributed by atoms with Crippen molar-refractivity contribution in [2.75, 3.05) is 19.8 Å². The maximum absolute atomic E-state index is 5.97. The Morgan fingerprint density at radius 2 is 2.25 bits per heavy atom. The van der Waals surface area contributed by atoms with Gasteiger partial charge >= 0.3 is 0 Å². The molecule has 1 aromatic rings. The predicted molar refractivity (Wildman–Crippen MR) is 80.2 cm³/mol. The summed E-state index contributed by atoms with van der Waals surface area (Å²) in [6.07, 6.45) is 2.15. The fraction of sp³-hybridized carbons (Fsp3) is 0.647. The lowest BCUT2D eigenvalue weighted by atomic mass is 9.90. The summed E-state index contributed by atoms with van der Waals surface area (Å²) in [7, 11) is 0. The minimum Gasteiger partial charge on any atom is -0.487 e. The zero-order valence-corrected chi connectivity index (χ0v) is 12.7. The van der Waals surface area contributed by atoms with Crippen LogP contribution in [0.5, 0.6) is 5.75 Å². The van der Waals surface area contributed by atoms with Crippen LogP contribution < -0.4 is 10.1 Å². The van der Waals surface area contributed by atoms with Gasteiger partial charge in [0.2, 0.25) is 0 Å². The van der Waals surface area contributed by atoms with E-state index in [1.807, 2.05) is 0 Å². The molecule has 0 bridgehead atoms. The van der Waals surface area contributed by atoms with E-state index in [1.165, 1.54) is 11.1 Å². The highest BCUT2D eigenvalue weighted by Gasteiger charge is 2.32. The molecule has 1 saturated heterocycles. The van der Waals surface area contributed by atoms with Gasteiger partial charge in [0, 0.05) is 25.0 Å². The van der Waals surface area contributed by atoms with E-state index in [0.717, 1.165) is 38.3 Å². The summed E-state index contributed by atoms with van der Waals surface area (Å²) < 4.78 is 11.5.